The summed E-state index contributed by atoms with van der Waals surface area (Å²) in [7, 11) is 1.66. The SMILES string of the molecule is COc1cc(CNCCSc2nnnn2-c2ccccc2)c(Br)cc1OCc1ccc(C)cc1. The van der Waals surface area contributed by atoms with Crippen LogP contribution in [0.2, 0.25) is 0 Å². The number of thioether (sulfide) groups is 1. The minimum absolute atomic E-state index is 0.486. The van der Waals surface area contributed by atoms with Crippen LogP contribution in [0.5, 0.6) is 11.5 Å². The molecule has 7 nitrogen and oxygen atoms in total. The second-order valence-corrected chi connectivity index (χ2v) is 9.52. The van der Waals surface area contributed by atoms with Gasteiger partial charge < -0.3 is 14.8 Å². The molecule has 0 aliphatic heterocycles. The van der Waals surface area contributed by atoms with Crippen LogP contribution in [-0.4, -0.2) is 39.6 Å². The van der Waals surface area contributed by atoms with Crippen LogP contribution in [0.4, 0.5) is 0 Å². The van der Waals surface area contributed by atoms with Crippen molar-refractivity contribution in [2.24, 2.45) is 0 Å². The fourth-order valence-corrected chi connectivity index (χ4v) is 4.52. The van der Waals surface area contributed by atoms with Crippen LogP contribution in [0.15, 0.2) is 76.4 Å². The van der Waals surface area contributed by atoms with Gasteiger partial charge >= 0.3 is 0 Å². The van der Waals surface area contributed by atoms with Crippen molar-refractivity contribution < 1.29 is 9.47 Å². The van der Waals surface area contributed by atoms with E-state index in [0.717, 1.165) is 38.7 Å². The molecule has 0 spiro atoms. The molecule has 4 aromatic rings. The van der Waals surface area contributed by atoms with Crippen LogP contribution < -0.4 is 14.8 Å². The first-order valence-electron chi connectivity index (χ1n) is 10.9. The number of hydrogen-bond acceptors (Lipinski definition) is 7. The van der Waals surface area contributed by atoms with Gasteiger partial charge in [0.25, 0.3) is 0 Å². The highest BCUT2D eigenvalue weighted by molar-refractivity contribution is 9.10. The molecule has 0 aliphatic rings. The van der Waals surface area contributed by atoms with Crippen molar-refractivity contribution in [3.05, 3.63) is 87.9 Å². The van der Waals surface area contributed by atoms with Crippen LogP contribution in [-0.2, 0) is 13.2 Å². The van der Waals surface area contributed by atoms with Gasteiger partial charge in [0, 0.05) is 23.3 Å². The Kier molecular flexibility index (Phi) is 8.56. The maximum atomic E-state index is 6.02. The van der Waals surface area contributed by atoms with Gasteiger partial charge in [-0.25, -0.2) is 0 Å². The molecule has 0 amide bonds. The average molecular weight is 540 g/mol. The highest BCUT2D eigenvalue weighted by Gasteiger charge is 2.12. The molecule has 0 fully saturated rings. The van der Waals surface area contributed by atoms with E-state index in [1.165, 1.54) is 5.56 Å². The van der Waals surface area contributed by atoms with Crippen LogP contribution >= 0.6 is 27.7 Å². The lowest BCUT2D eigenvalue weighted by Gasteiger charge is -2.14. The van der Waals surface area contributed by atoms with Crippen LogP contribution in [0.3, 0.4) is 0 Å². The van der Waals surface area contributed by atoms with E-state index >= 15 is 0 Å². The molecular weight excluding hydrogens is 514 g/mol. The third kappa shape index (κ3) is 6.37. The first-order chi connectivity index (χ1) is 16.6. The van der Waals surface area contributed by atoms with E-state index in [4.69, 9.17) is 9.47 Å². The molecular formula is C25H26BrN5O2S. The summed E-state index contributed by atoms with van der Waals surface area (Å²) >= 11 is 5.28. The van der Waals surface area contributed by atoms with E-state index in [1.54, 1.807) is 23.6 Å². The van der Waals surface area contributed by atoms with Crippen LogP contribution in [0.25, 0.3) is 5.69 Å². The smallest absolute Gasteiger partial charge is 0.214 e. The highest BCUT2D eigenvalue weighted by Crippen LogP contribution is 2.34. The molecule has 0 unspecified atom stereocenters. The molecule has 0 saturated carbocycles. The number of tetrazole rings is 1. The summed E-state index contributed by atoms with van der Waals surface area (Å²) < 4.78 is 14.3. The molecule has 0 aliphatic carbocycles. The number of benzene rings is 3. The minimum atomic E-state index is 0.486. The van der Waals surface area contributed by atoms with E-state index in [2.05, 4.69) is 68.0 Å². The number of methoxy groups -OCH3 is 1. The summed E-state index contributed by atoms with van der Waals surface area (Å²) in [6, 6.07) is 22.2. The zero-order valence-corrected chi connectivity index (χ0v) is 21.5. The Morgan fingerprint density at radius 2 is 1.82 bits per heavy atom. The number of rotatable bonds is 11. The molecule has 0 bridgehead atoms. The lowest BCUT2D eigenvalue weighted by Crippen LogP contribution is -2.17. The van der Waals surface area contributed by atoms with Gasteiger partial charge in [-0.1, -0.05) is 75.7 Å². The second kappa shape index (κ2) is 12.0. The summed E-state index contributed by atoms with van der Waals surface area (Å²) in [5.74, 6) is 2.25. The number of para-hydroxylation sites is 1. The predicted molar refractivity (Wildman–Crippen MR) is 138 cm³/mol. The summed E-state index contributed by atoms with van der Waals surface area (Å²) in [6.45, 7) is 4.05. The number of nitrogens with zero attached hydrogens (tertiary/aromatic N) is 4. The zero-order chi connectivity index (χ0) is 23.8. The van der Waals surface area contributed by atoms with Crippen molar-refractivity contribution in [3.63, 3.8) is 0 Å². The number of aromatic nitrogens is 4. The normalized spacial score (nSPS) is 10.9. The Morgan fingerprint density at radius 1 is 1.03 bits per heavy atom. The topological polar surface area (TPSA) is 74.1 Å². The first-order valence-corrected chi connectivity index (χ1v) is 12.6. The van der Waals surface area contributed by atoms with Gasteiger partial charge in [0.2, 0.25) is 5.16 Å². The van der Waals surface area contributed by atoms with Gasteiger partial charge in [-0.05, 0) is 52.7 Å². The van der Waals surface area contributed by atoms with E-state index in [9.17, 15) is 0 Å². The summed E-state index contributed by atoms with van der Waals surface area (Å²) in [5, 5.41) is 16.3. The van der Waals surface area contributed by atoms with Gasteiger partial charge in [-0.2, -0.15) is 4.68 Å². The quantitative estimate of drug-likeness (QED) is 0.207. The monoisotopic (exact) mass is 539 g/mol. The van der Waals surface area contributed by atoms with Crippen LogP contribution in [0.1, 0.15) is 16.7 Å². The third-order valence-corrected chi connectivity index (χ3v) is 6.77. The number of halogens is 1. The van der Waals surface area contributed by atoms with Gasteiger partial charge in [0.05, 0.1) is 12.8 Å². The van der Waals surface area contributed by atoms with Crippen molar-refractivity contribution in [3.8, 4) is 17.2 Å². The zero-order valence-electron chi connectivity index (χ0n) is 19.1. The average Bonchev–Trinajstić information content (AvgIpc) is 3.33. The summed E-state index contributed by atoms with van der Waals surface area (Å²) in [6.07, 6.45) is 0. The van der Waals surface area contributed by atoms with Crippen molar-refractivity contribution in [2.75, 3.05) is 19.4 Å². The molecule has 0 radical (unpaired) electrons. The summed E-state index contributed by atoms with van der Waals surface area (Å²) in [5.41, 5.74) is 4.39. The number of nitrogens with one attached hydrogen (secondary N) is 1. The third-order valence-electron chi connectivity index (χ3n) is 5.11. The Balaban J connectivity index is 1.29. The predicted octanol–water partition coefficient (Wildman–Crippen LogP) is 5.20. The van der Waals surface area contributed by atoms with Crippen molar-refractivity contribution in [1.82, 2.24) is 25.5 Å². The molecule has 1 aromatic heterocycles. The molecule has 3 aromatic carbocycles. The number of aryl methyl sites for hydroxylation is 1. The van der Waals surface area contributed by atoms with Crippen LogP contribution in [0, 0.1) is 6.92 Å². The fraction of sp³-hybridized carbons (Fsp3) is 0.240. The molecule has 9 heteroatoms. The highest BCUT2D eigenvalue weighted by atomic mass is 79.9. The standard InChI is InChI=1S/C25H26BrN5O2S/c1-18-8-10-19(11-9-18)17-33-24-15-22(26)20(14-23(24)32-2)16-27-12-13-34-25-28-29-30-31(25)21-6-4-3-5-7-21/h3-11,14-15,27H,12-13,16-17H2,1-2H3. The van der Waals surface area contributed by atoms with Crippen molar-refractivity contribution in [2.45, 2.75) is 25.2 Å². The van der Waals surface area contributed by atoms with E-state index in [0.29, 0.717) is 24.7 Å². The molecule has 34 heavy (non-hydrogen) atoms. The maximum Gasteiger partial charge on any atom is 0.214 e. The minimum Gasteiger partial charge on any atom is -0.493 e. The number of hydrogen-bond donors (Lipinski definition) is 1. The lowest BCUT2D eigenvalue weighted by atomic mass is 10.1. The van der Waals surface area contributed by atoms with Gasteiger partial charge in [0.15, 0.2) is 11.5 Å². The van der Waals surface area contributed by atoms with E-state index in [1.807, 2.05) is 42.5 Å². The first kappa shape index (κ1) is 24.3. The van der Waals surface area contributed by atoms with E-state index < -0.39 is 0 Å². The number of ether oxygens (including phenoxy) is 2. The Morgan fingerprint density at radius 3 is 2.59 bits per heavy atom. The molecule has 176 valence electrons. The Hall–Kier alpha value is -2.88. The molecule has 4 rings (SSSR count). The van der Waals surface area contributed by atoms with E-state index in [-0.39, 0.29) is 0 Å². The molecule has 0 atom stereocenters. The maximum absolute atomic E-state index is 6.02. The van der Waals surface area contributed by atoms with Gasteiger partial charge in [-0.15, -0.1) is 5.10 Å². The molecule has 1 N–H and O–H groups in total. The summed E-state index contributed by atoms with van der Waals surface area (Å²) in [4.78, 5) is 0. The largest absolute Gasteiger partial charge is 0.493 e. The fourth-order valence-electron chi connectivity index (χ4n) is 3.27. The Labute approximate surface area is 212 Å². The second-order valence-electron chi connectivity index (χ2n) is 7.60. The molecule has 0 saturated heterocycles. The Bertz CT molecular complexity index is 1200. The van der Waals surface area contributed by atoms with Crippen molar-refractivity contribution >= 4 is 27.7 Å². The lowest BCUT2D eigenvalue weighted by molar-refractivity contribution is 0.284. The van der Waals surface area contributed by atoms with Gasteiger partial charge in [-0.3, -0.25) is 0 Å². The van der Waals surface area contributed by atoms with Gasteiger partial charge in [0.1, 0.15) is 6.61 Å². The van der Waals surface area contributed by atoms with Crippen molar-refractivity contribution in [1.29, 1.82) is 0 Å². The molecule has 1 heterocycles.